The van der Waals surface area contributed by atoms with Gasteiger partial charge in [-0.2, -0.15) is 0 Å². The van der Waals surface area contributed by atoms with Crippen molar-refractivity contribution in [2.24, 2.45) is 5.92 Å². The molecule has 3 rings (SSSR count). The van der Waals surface area contributed by atoms with Crippen LogP contribution < -0.4 is 10.1 Å². The third kappa shape index (κ3) is 4.48. The molecule has 7 nitrogen and oxygen atoms in total. The molecule has 1 N–H and O–H groups in total. The minimum Gasteiger partial charge on any atom is -0.488 e. The number of piperidine rings is 1. The van der Waals surface area contributed by atoms with Crippen LogP contribution in [-0.2, 0) is 9.53 Å². The first kappa shape index (κ1) is 17.7. The Balaban J connectivity index is 1.60. The van der Waals surface area contributed by atoms with Gasteiger partial charge in [0.1, 0.15) is 17.5 Å². The zero-order valence-corrected chi connectivity index (χ0v) is 14.6. The van der Waals surface area contributed by atoms with Crippen LogP contribution in [0.3, 0.4) is 0 Å². The highest BCUT2D eigenvalue weighted by molar-refractivity contribution is 5.92. The molecule has 0 aromatic carbocycles. The number of rotatable bonds is 4. The van der Waals surface area contributed by atoms with Crippen LogP contribution in [0.15, 0.2) is 18.3 Å². The SMILES string of the molecule is CNC(=O)c1cc(OC2CCCN(C(=O)C3CCOCC3)C2)ccn1. The lowest BCUT2D eigenvalue weighted by atomic mass is 9.97. The van der Waals surface area contributed by atoms with Crippen LogP contribution in [0.2, 0.25) is 0 Å². The Morgan fingerprint density at radius 2 is 2.12 bits per heavy atom. The number of nitrogens with zero attached hydrogens (tertiary/aromatic N) is 2. The van der Waals surface area contributed by atoms with Crippen molar-refractivity contribution in [2.75, 3.05) is 33.4 Å². The highest BCUT2D eigenvalue weighted by Gasteiger charge is 2.30. The molecule has 0 spiro atoms. The summed E-state index contributed by atoms with van der Waals surface area (Å²) in [5.74, 6) is 0.662. The first-order chi connectivity index (χ1) is 12.2. The molecular formula is C18H25N3O4. The van der Waals surface area contributed by atoms with Gasteiger partial charge in [0.2, 0.25) is 5.91 Å². The van der Waals surface area contributed by atoms with Gasteiger partial charge in [-0.15, -0.1) is 0 Å². The van der Waals surface area contributed by atoms with Gasteiger partial charge in [-0.1, -0.05) is 0 Å². The van der Waals surface area contributed by atoms with Gasteiger partial charge in [0.25, 0.3) is 5.91 Å². The third-order valence-corrected chi connectivity index (χ3v) is 4.75. The molecule has 0 saturated carbocycles. The normalized spacial score (nSPS) is 21.6. The van der Waals surface area contributed by atoms with E-state index >= 15 is 0 Å². The van der Waals surface area contributed by atoms with Crippen LogP contribution in [-0.4, -0.2) is 61.2 Å². The Hall–Kier alpha value is -2.15. The topological polar surface area (TPSA) is 80.8 Å². The molecule has 25 heavy (non-hydrogen) atoms. The van der Waals surface area contributed by atoms with E-state index in [4.69, 9.17) is 9.47 Å². The zero-order chi connectivity index (χ0) is 17.6. The molecule has 2 fully saturated rings. The van der Waals surface area contributed by atoms with E-state index in [0.717, 1.165) is 32.2 Å². The van der Waals surface area contributed by atoms with Gasteiger partial charge in [-0.05, 0) is 31.7 Å². The number of amides is 2. The number of hydrogen-bond donors (Lipinski definition) is 1. The monoisotopic (exact) mass is 347 g/mol. The van der Waals surface area contributed by atoms with E-state index in [1.165, 1.54) is 0 Å². The van der Waals surface area contributed by atoms with Gasteiger partial charge >= 0.3 is 0 Å². The van der Waals surface area contributed by atoms with Crippen LogP contribution in [0.5, 0.6) is 5.75 Å². The second kappa shape index (κ2) is 8.29. The van der Waals surface area contributed by atoms with Crippen molar-refractivity contribution < 1.29 is 19.1 Å². The summed E-state index contributed by atoms with van der Waals surface area (Å²) in [6, 6.07) is 3.38. The largest absolute Gasteiger partial charge is 0.488 e. The fourth-order valence-electron chi connectivity index (χ4n) is 3.37. The van der Waals surface area contributed by atoms with Crippen molar-refractivity contribution in [3.8, 4) is 5.75 Å². The predicted molar refractivity (Wildman–Crippen MR) is 91.4 cm³/mol. The Morgan fingerprint density at radius 1 is 1.32 bits per heavy atom. The minimum atomic E-state index is -0.245. The molecule has 7 heteroatoms. The molecular weight excluding hydrogens is 322 g/mol. The fraction of sp³-hybridized carbons (Fsp3) is 0.611. The first-order valence-electron chi connectivity index (χ1n) is 8.88. The molecule has 2 saturated heterocycles. The molecule has 0 radical (unpaired) electrons. The maximum Gasteiger partial charge on any atom is 0.269 e. The van der Waals surface area contributed by atoms with E-state index in [-0.39, 0.29) is 23.8 Å². The van der Waals surface area contributed by atoms with Gasteiger partial charge in [0.05, 0.1) is 6.54 Å². The number of hydrogen-bond acceptors (Lipinski definition) is 5. The Labute approximate surface area is 147 Å². The lowest BCUT2D eigenvalue weighted by Gasteiger charge is -2.35. The van der Waals surface area contributed by atoms with Crippen LogP contribution in [0.25, 0.3) is 0 Å². The Kier molecular flexibility index (Phi) is 5.86. The molecule has 2 aliphatic rings. The van der Waals surface area contributed by atoms with Gasteiger partial charge in [0.15, 0.2) is 0 Å². The average molecular weight is 347 g/mol. The van der Waals surface area contributed by atoms with Crippen LogP contribution in [0, 0.1) is 5.92 Å². The van der Waals surface area contributed by atoms with E-state index < -0.39 is 0 Å². The van der Waals surface area contributed by atoms with Crippen LogP contribution >= 0.6 is 0 Å². The van der Waals surface area contributed by atoms with Crippen molar-refractivity contribution in [1.29, 1.82) is 0 Å². The van der Waals surface area contributed by atoms with Crippen LogP contribution in [0.4, 0.5) is 0 Å². The van der Waals surface area contributed by atoms with Crippen molar-refractivity contribution in [1.82, 2.24) is 15.2 Å². The number of carbonyl (C=O) groups is 2. The molecule has 1 aromatic heterocycles. The Morgan fingerprint density at radius 3 is 2.88 bits per heavy atom. The van der Waals surface area contributed by atoms with Crippen molar-refractivity contribution in [3.63, 3.8) is 0 Å². The molecule has 1 atom stereocenters. The average Bonchev–Trinajstić information content (AvgIpc) is 2.68. The summed E-state index contributed by atoms with van der Waals surface area (Å²) in [5, 5.41) is 2.55. The molecule has 2 aliphatic heterocycles. The number of likely N-dealkylation sites (tertiary alicyclic amines) is 1. The van der Waals surface area contributed by atoms with Gasteiger partial charge in [0, 0.05) is 45.0 Å². The van der Waals surface area contributed by atoms with E-state index in [9.17, 15) is 9.59 Å². The van der Waals surface area contributed by atoms with E-state index in [2.05, 4.69) is 10.3 Å². The summed E-state index contributed by atoms with van der Waals surface area (Å²) < 4.78 is 11.4. The van der Waals surface area contributed by atoms with Gasteiger partial charge in [-0.25, -0.2) is 0 Å². The molecule has 0 aliphatic carbocycles. The predicted octanol–water partition coefficient (Wildman–Crippen LogP) is 1.24. The molecule has 1 unspecified atom stereocenters. The van der Waals surface area contributed by atoms with Crippen molar-refractivity contribution >= 4 is 11.8 Å². The van der Waals surface area contributed by atoms with Crippen molar-refractivity contribution in [2.45, 2.75) is 31.8 Å². The van der Waals surface area contributed by atoms with E-state index in [1.807, 2.05) is 4.90 Å². The second-order valence-electron chi connectivity index (χ2n) is 6.51. The smallest absolute Gasteiger partial charge is 0.269 e. The number of ether oxygens (including phenoxy) is 2. The Bertz CT molecular complexity index is 616. The summed E-state index contributed by atoms with van der Waals surface area (Å²) in [4.78, 5) is 30.3. The fourth-order valence-corrected chi connectivity index (χ4v) is 3.37. The highest BCUT2D eigenvalue weighted by atomic mass is 16.5. The number of nitrogens with one attached hydrogen (secondary N) is 1. The van der Waals surface area contributed by atoms with Crippen molar-refractivity contribution in [3.05, 3.63) is 24.0 Å². The van der Waals surface area contributed by atoms with Crippen LogP contribution in [0.1, 0.15) is 36.2 Å². The zero-order valence-electron chi connectivity index (χ0n) is 14.6. The second-order valence-corrected chi connectivity index (χ2v) is 6.51. The number of aromatic nitrogens is 1. The van der Waals surface area contributed by atoms with Gasteiger partial charge in [-0.3, -0.25) is 14.6 Å². The standard InChI is InChI=1S/C18H25N3O4/c1-19-17(22)16-11-14(4-7-20-16)25-15-3-2-8-21(12-15)18(23)13-5-9-24-10-6-13/h4,7,11,13,15H,2-3,5-6,8-10,12H2,1H3,(H,19,22). The molecule has 3 heterocycles. The summed E-state index contributed by atoms with van der Waals surface area (Å²) in [6.07, 6.45) is 4.94. The number of carbonyl (C=O) groups excluding carboxylic acids is 2. The highest BCUT2D eigenvalue weighted by Crippen LogP contribution is 2.23. The molecule has 2 amide bonds. The minimum absolute atomic E-state index is 0.0579. The molecule has 0 bridgehead atoms. The summed E-state index contributed by atoms with van der Waals surface area (Å²) >= 11 is 0. The maximum atomic E-state index is 12.7. The summed E-state index contributed by atoms with van der Waals surface area (Å²) in [7, 11) is 1.57. The third-order valence-electron chi connectivity index (χ3n) is 4.75. The summed E-state index contributed by atoms with van der Waals surface area (Å²) in [5.41, 5.74) is 0.325. The van der Waals surface area contributed by atoms with E-state index in [1.54, 1.807) is 25.4 Å². The lowest BCUT2D eigenvalue weighted by molar-refractivity contribution is -0.141. The molecule has 136 valence electrons. The lowest BCUT2D eigenvalue weighted by Crippen LogP contribution is -2.47. The van der Waals surface area contributed by atoms with Gasteiger partial charge < -0.3 is 19.7 Å². The molecule has 1 aromatic rings. The quantitative estimate of drug-likeness (QED) is 0.886. The number of pyridine rings is 1. The van der Waals surface area contributed by atoms with E-state index in [0.29, 0.717) is 31.2 Å². The maximum absolute atomic E-state index is 12.7. The first-order valence-corrected chi connectivity index (χ1v) is 8.88. The summed E-state index contributed by atoms with van der Waals surface area (Å²) in [6.45, 7) is 2.72.